The molecule has 1 amide bonds. The summed E-state index contributed by atoms with van der Waals surface area (Å²) >= 11 is 2.74. The summed E-state index contributed by atoms with van der Waals surface area (Å²) in [5.41, 5.74) is 9.40. The quantitative estimate of drug-likeness (QED) is 0.519. The molecule has 3 rings (SSSR count). The zero-order valence-corrected chi connectivity index (χ0v) is 17.8. The van der Waals surface area contributed by atoms with E-state index in [2.05, 4.69) is 0 Å². The van der Waals surface area contributed by atoms with Crippen molar-refractivity contribution in [1.29, 1.82) is 0 Å². The fraction of sp³-hybridized carbons (Fsp3) is 0.350. The average Bonchev–Trinajstić information content (AvgIpc) is 2.93. The molecule has 0 aliphatic heterocycles. The minimum Gasteiger partial charge on any atom is -0.369 e. The van der Waals surface area contributed by atoms with Crippen LogP contribution in [-0.4, -0.2) is 20.7 Å². The van der Waals surface area contributed by atoms with Crippen LogP contribution in [0.25, 0.3) is 15.9 Å². The maximum absolute atomic E-state index is 13.5. The number of thioether (sulfide) groups is 1. The van der Waals surface area contributed by atoms with Gasteiger partial charge < -0.3 is 5.73 Å². The molecule has 0 radical (unpaired) electrons. The average molecular weight is 402 g/mol. The largest absolute Gasteiger partial charge is 0.369 e. The monoisotopic (exact) mass is 401 g/mol. The Labute approximate surface area is 166 Å². The van der Waals surface area contributed by atoms with E-state index in [1.165, 1.54) is 23.1 Å². The summed E-state index contributed by atoms with van der Waals surface area (Å²) in [6.07, 6.45) is 0.778. The number of hydrogen-bond acceptors (Lipinski definition) is 5. The highest BCUT2D eigenvalue weighted by Crippen LogP contribution is 2.31. The lowest BCUT2D eigenvalue weighted by Gasteiger charge is -2.15. The number of nitrogens with zero attached hydrogens (tertiary/aromatic N) is 2. The molecule has 0 bridgehead atoms. The molecule has 2 N–H and O–H groups in total. The van der Waals surface area contributed by atoms with Gasteiger partial charge in [-0.2, -0.15) is 0 Å². The minimum atomic E-state index is -0.487. The van der Waals surface area contributed by atoms with E-state index >= 15 is 0 Å². The van der Waals surface area contributed by atoms with Crippen molar-refractivity contribution in [1.82, 2.24) is 9.55 Å². The van der Waals surface area contributed by atoms with Gasteiger partial charge in [0.25, 0.3) is 5.56 Å². The van der Waals surface area contributed by atoms with E-state index in [1.54, 1.807) is 11.5 Å². The van der Waals surface area contributed by atoms with Gasteiger partial charge in [0.2, 0.25) is 5.91 Å². The Kier molecular flexibility index (Phi) is 5.44. The number of amides is 1. The molecule has 7 heteroatoms. The summed E-state index contributed by atoms with van der Waals surface area (Å²) in [5, 5.41) is 0.680. The molecule has 5 nitrogen and oxygen atoms in total. The fourth-order valence-corrected chi connectivity index (χ4v) is 5.04. The van der Waals surface area contributed by atoms with E-state index in [9.17, 15) is 9.59 Å². The van der Waals surface area contributed by atoms with Crippen molar-refractivity contribution in [3.8, 4) is 5.69 Å². The summed E-state index contributed by atoms with van der Waals surface area (Å²) in [6.45, 7) is 9.84. The first kappa shape index (κ1) is 19.6. The van der Waals surface area contributed by atoms with Crippen LogP contribution in [0, 0.1) is 20.8 Å². The third-order valence-electron chi connectivity index (χ3n) is 4.78. The molecule has 142 valence electrons. The van der Waals surface area contributed by atoms with Crippen LogP contribution in [0.2, 0.25) is 0 Å². The SMILES string of the molecule is CCc1c(C)sc2nc(SC(C)C(N)=O)n(-c3ccc(C)c(C)c3)c(=O)c12. The van der Waals surface area contributed by atoms with Crippen LogP contribution in [0.1, 0.15) is 35.4 Å². The lowest BCUT2D eigenvalue weighted by atomic mass is 10.1. The van der Waals surface area contributed by atoms with E-state index in [0.717, 1.165) is 33.7 Å². The van der Waals surface area contributed by atoms with Crippen molar-refractivity contribution >= 4 is 39.2 Å². The molecule has 2 aromatic heterocycles. The second-order valence-electron chi connectivity index (χ2n) is 6.64. The van der Waals surface area contributed by atoms with Gasteiger partial charge >= 0.3 is 0 Å². The van der Waals surface area contributed by atoms with E-state index in [1.807, 2.05) is 45.9 Å². The smallest absolute Gasteiger partial charge is 0.267 e. The predicted molar refractivity (Wildman–Crippen MR) is 113 cm³/mol. The standard InChI is InChI=1S/C20H23N3O2S2/c1-6-15-12(4)26-18-16(15)19(25)23(14-8-7-10(2)11(3)9-14)20(22-18)27-13(5)17(21)24/h7-9,13H,6H2,1-5H3,(H2,21,24). The summed E-state index contributed by atoms with van der Waals surface area (Å²) in [4.78, 5) is 31.7. The zero-order valence-electron chi connectivity index (χ0n) is 16.1. The van der Waals surface area contributed by atoms with Crippen LogP contribution < -0.4 is 11.3 Å². The summed E-state index contributed by atoms with van der Waals surface area (Å²) in [5.74, 6) is -0.433. The number of carbonyl (C=O) groups excluding carboxylic acids is 1. The van der Waals surface area contributed by atoms with E-state index < -0.39 is 11.2 Å². The number of benzene rings is 1. The molecule has 0 aliphatic carbocycles. The van der Waals surface area contributed by atoms with Crippen molar-refractivity contribution in [3.05, 3.63) is 50.1 Å². The molecule has 0 fully saturated rings. The van der Waals surface area contributed by atoms with Gasteiger partial charge in [0.05, 0.1) is 16.3 Å². The number of nitrogens with two attached hydrogens (primary N) is 1. The number of hydrogen-bond donors (Lipinski definition) is 1. The number of primary amides is 1. The van der Waals surface area contributed by atoms with E-state index in [-0.39, 0.29) is 5.56 Å². The maximum Gasteiger partial charge on any atom is 0.267 e. The van der Waals surface area contributed by atoms with Gasteiger partial charge in [-0.05, 0) is 62.9 Å². The predicted octanol–water partition coefficient (Wildman–Crippen LogP) is 3.90. The van der Waals surface area contributed by atoms with Crippen molar-refractivity contribution in [2.45, 2.75) is 51.4 Å². The molecule has 1 unspecified atom stereocenters. The fourth-order valence-electron chi connectivity index (χ4n) is 3.01. The second-order valence-corrected chi connectivity index (χ2v) is 9.15. The Bertz CT molecular complexity index is 1100. The van der Waals surface area contributed by atoms with Crippen LogP contribution in [-0.2, 0) is 11.2 Å². The molecule has 27 heavy (non-hydrogen) atoms. The molecule has 0 saturated carbocycles. The van der Waals surface area contributed by atoms with E-state index in [4.69, 9.17) is 10.7 Å². The van der Waals surface area contributed by atoms with E-state index in [0.29, 0.717) is 15.4 Å². The molecule has 0 saturated heterocycles. The lowest BCUT2D eigenvalue weighted by Crippen LogP contribution is -2.26. The van der Waals surface area contributed by atoms with Crippen LogP contribution >= 0.6 is 23.1 Å². The van der Waals surface area contributed by atoms with Crippen LogP contribution in [0.3, 0.4) is 0 Å². The normalized spacial score (nSPS) is 12.5. The number of aryl methyl sites for hydroxylation is 4. The molecule has 3 aromatic rings. The molecular formula is C20H23N3O2S2. The van der Waals surface area contributed by atoms with Gasteiger partial charge in [0.1, 0.15) is 4.83 Å². The number of fused-ring (bicyclic) bond motifs is 1. The molecule has 1 aromatic carbocycles. The molecule has 2 heterocycles. The highest BCUT2D eigenvalue weighted by molar-refractivity contribution is 8.00. The van der Waals surface area contributed by atoms with Crippen molar-refractivity contribution in [2.24, 2.45) is 5.73 Å². The first-order valence-electron chi connectivity index (χ1n) is 8.83. The Morgan fingerprint density at radius 1 is 1.30 bits per heavy atom. The molecule has 1 atom stereocenters. The number of aromatic nitrogens is 2. The van der Waals surface area contributed by atoms with Crippen molar-refractivity contribution in [2.75, 3.05) is 0 Å². The zero-order chi connectivity index (χ0) is 19.9. The highest BCUT2D eigenvalue weighted by atomic mass is 32.2. The van der Waals surface area contributed by atoms with Crippen LogP contribution in [0.4, 0.5) is 0 Å². The minimum absolute atomic E-state index is 0.0939. The molecule has 0 aliphatic rings. The van der Waals surface area contributed by atoms with Crippen molar-refractivity contribution in [3.63, 3.8) is 0 Å². The Balaban J connectivity index is 2.35. The van der Waals surface area contributed by atoms with Crippen molar-refractivity contribution < 1.29 is 4.79 Å². The number of thiophene rings is 1. The third kappa shape index (κ3) is 3.53. The third-order valence-corrected chi connectivity index (χ3v) is 6.89. The lowest BCUT2D eigenvalue weighted by molar-refractivity contribution is -0.117. The van der Waals surface area contributed by atoms with Gasteiger partial charge in [0, 0.05) is 4.88 Å². The summed E-state index contributed by atoms with van der Waals surface area (Å²) in [6, 6.07) is 5.89. The number of carbonyl (C=O) groups is 1. The number of rotatable bonds is 5. The first-order chi connectivity index (χ1) is 12.7. The Morgan fingerprint density at radius 3 is 2.59 bits per heavy atom. The van der Waals surface area contributed by atoms with Crippen LogP contribution in [0.15, 0.2) is 28.2 Å². The second kappa shape index (κ2) is 7.48. The first-order valence-corrected chi connectivity index (χ1v) is 10.5. The van der Waals surface area contributed by atoms with Gasteiger partial charge in [-0.15, -0.1) is 11.3 Å². The Morgan fingerprint density at radius 2 is 2.00 bits per heavy atom. The highest BCUT2D eigenvalue weighted by Gasteiger charge is 2.22. The summed E-state index contributed by atoms with van der Waals surface area (Å²) in [7, 11) is 0. The molecular weight excluding hydrogens is 378 g/mol. The van der Waals surface area contributed by atoms with Gasteiger partial charge in [-0.25, -0.2) is 4.98 Å². The van der Waals surface area contributed by atoms with Gasteiger partial charge in [0.15, 0.2) is 5.16 Å². The topological polar surface area (TPSA) is 78.0 Å². The van der Waals surface area contributed by atoms with Gasteiger partial charge in [-0.1, -0.05) is 24.8 Å². The molecule has 0 spiro atoms. The van der Waals surface area contributed by atoms with Crippen LogP contribution in [0.5, 0.6) is 0 Å². The van der Waals surface area contributed by atoms with Gasteiger partial charge in [-0.3, -0.25) is 14.2 Å². The maximum atomic E-state index is 13.5. The Hall–Kier alpha value is -2.12. The summed E-state index contributed by atoms with van der Waals surface area (Å²) < 4.78 is 1.62.